The van der Waals surface area contributed by atoms with Gasteiger partial charge in [-0.25, -0.2) is 9.59 Å². The maximum atomic E-state index is 12.7. The highest BCUT2D eigenvalue weighted by molar-refractivity contribution is 6.02. The standard InChI is InChI=1S/C10H7F3N2O3/c1-18-8(16)4-2-3-5(10(11,12)13)7-6(4)14-9(17)15-7/h2-3H,1H3,(H2,14,15,17). The number of ether oxygens (including phenoxy) is 1. The van der Waals surface area contributed by atoms with Crippen LogP contribution >= 0.6 is 0 Å². The molecule has 18 heavy (non-hydrogen) atoms. The number of nitrogens with one attached hydrogen (secondary N) is 2. The van der Waals surface area contributed by atoms with Crippen LogP contribution in [0.3, 0.4) is 0 Å². The Bertz CT molecular complexity index is 669. The summed E-state index contributed by atoms with van der Waals surface area (Å²) in [5.74, 6) is -0.830. The molecule has 0 radical (unpaired) electrons. The number of carbonyl (C=O) groups is 1. The second-order valence-electron chi connectivity index (χ2n) is 3.48. The summed E-state index contributed by atoms with van der Waals surface area (Å²) in [6, 6.07) is 1.68. The van der Waals surface area contributed by atoms with Crippen LogP contribution in [-0.2, 0) is 10.9 Å². The van der Waals surface area contributed by atoms with E-state index < -0.39 is 28.9 Å². The van der Waals surface area contributed by atoms with Gasteiger partial charge in [0.15, 0.2) is 0 Å². The maximum absolute atomic E-state index is 12.7. The predicted octanol–water partition coefficient (Wildman–Crippen LogP) is 1.66. The molecule has 0 saturated carbocycles. The smallest absolute Gasteiger partial charge is 0.418 e. The molecule has 1 heterocycles. The summed E-state index contributed by atoms with van der Waals surface area (Å²) in [7, 11) is 1.09. The molecule has 2 aromatic rings. The zero-order chi connectivity index (χ0) is 13.5. The van der Waals surface area contributed by atoms with Crippen molar-refractivity contribution in [1.29, 1.82) is 0 Å². The number of aromatic nitrogens is 2. The van der Waals surface area contributed by atoms with Crippen molar-refractivity contribution in [2.45, 2.75) is 6.18 Å². The van der Waals surface area contributed by atoms with E-state index >= 15 is 0 Å². The third kappa shape index (κ3) is 1.85. The summed E-state index contributed by atoms with van der Waals surface area (Å²) in [6.45, 7) is 0. The molecule has 0 aliphatic heterocycles. The molecule has 0 fully saturated rings. The van der Waals surface area contributed by atoms with Gasteiger partial charge >= 0.3 is 17.8 Å². The number of hydrogen-bond donors (Lipinski definition) is 2. The van der Waals surface area contributed by atoms with Gasteiger partial charge in [0, 0.05) is 0 Å². The van der Waals surface area contributed by atoms with Gasteiger partial charge < -0.3 is 14.7 Å². The number of alkyl halides is 3. The Labute approximate surface area is 97.6 Å². The van der Waals surface area contributed by atoms with E-state index in [2.05, 4.69) is 9.72 Å². The van der Waals surface area contributed by atoms with Gasteiger partial charge in [-0.3, -0.25) is 0 Å². The Kier molecular flexibility index (Phi) is 2.64. The third-order valence-electron chi connectivity index (χ3n) is 2.39. The molecule has 0 atom stereocenters. The summed E-state index contributed by atoms with van der Waals surface area (Å²) in [5, 5.41) is 0. The third-order valence-corrected chi connectivity index (χ3v) is 2.39. The van der Waals surface area contributed by atoms with Gasteiger partial charge in [0.1, 0.15) is 0 Å². The van der Waals surface area contributed by atoms with Gasteiger partial charge in [0.2, 0.25) is 0 Å². The SMILES string of the molecule is COC(=O)c1ccc(C(F)(F)F)c2[nH]c(=O)[nH]c12. The van der Waals surface area contributed by atoms with Gasteiger partial charge in [-0.1, -0.05) is 0 Å². The first-order valence-electron chi connectivity index (χ1n) is 4.75. The Morgan fingerprint density at radius 2 is 1.83 bits per heavy atom. The van der Waals surface area contributed by atoms with Crippen LogP contribution in [0.15, 0.2) is 16.9 Å². The van der Waals surface area contributed by atoms with Crippen LogP contribution in [0, 0.1) is 0 Å². The number of esters is 1. The lowest BCUT2D eigenvalue weighted by molar-refractivity contribution is -0.136. The van der Waals surface area contributed by atoms with Crippen LogP contribution in [0.4, 0.5) is 13.2 Å². The van der Waals surface area contributed by atoms with Crippen LogP contribution in [0.2, 0.25) is 0 Å². The van der Waals surface area contributed by atoms with Crippen molar-refractivity contribution in [3.8, 4) is 0 Å². The van der Waals surface area contributed by atoms with E-state index in [1.165, 1.54) is 0 Å². The number of aromatic amines is 2. The van der Waals surface area contributed by atoms with E-state index in [4.69, 9.17) is 0 Å². The molecule has 0 saturated heterocycles. The van der Waals surface area contributed by atoms with Gasteiger partial charge in [0.05, 0.1) is 29.3 Å². The number of rotatable bonds is 1. The summed E-state index contributed by atoms with van der Waals surface area (Å²) in [5.41, 5.74) is -2.67. The molecule has 0 aliphatic carbocycles. The molecule has 0 amide bonds. The van der Waals surface area contributed by atoms with Crippen molar-refractivity contribution in [3.63, 3.8) is 0 Å². The molecule has 0 unspecified atom stereocenters. The highest BCUT2D eigenvalue weighted by Gasteiger charge is 2.34. The van der Waals surface area contributed by atoms with Crippen LogP contribution in [0.25, 0.3) is 11.0 Å². The maximum Gasteiger partial charge on any atom is 0.418 e. The summed E-state index contributed by atoms with van der Waals surface area (Å²) < 4.78 is 42.5. The van der Waals surface area contributed by atoms with Crippen molar-refractivity contribution in [1.82, 2.24) is 9.97 Å². The second-order valence-corrected chi connectivity index (χ2v) is 3.48. The second kappa shape index (κ2) is 3.90. The molecule has 1 aromatic heterocycles. The number of benzene rings is 1. The summed E-state index contributed by atoms with van der Waals surface area (Å²) in [4.78, 5) is 26.6. The Morgan fingerprint density at radius 3 is 2.39 bits per heavy atom. The fourth-order valence-corrected chi connectivity index (χ4v) is 1.64. The first-order valence-corrected chi connectivity index (χ1v) is 4.75. The summed E-state index contributed by atoms with van der Waals surface area (Å²) in [6.07, 6.45) is -4.63. The minimum Gasteiger partial charge on any atom is -0.465 e. The zero-order valence-corrected chi connectivity index (χ0v) is 9.01. The number of imidazole rings is 1. The van der Waals surface area contributed by atoms with Gasteiger partial charge in [-0.05, 0) is 12.1 Å². The van der Waals surface area contributed by atoms with Gasteiger partial charge in [-0.15, -0.1) is 0 Å². The van der Waals surface area contributed by atoms with E-state index in [1.54, 1.807) is 0 Å². The molecule has 0 bridgehead atoms. The fourth-order valence-electron chi connectivity index (χ4n) is 1.64. The lowest BCUT2D eigenvalue weighted by Gasteiger charge is -2.09. The monoisotopic (exact) mass is 260 g/mol. The largest absolute Gasteiger partial charge is 0.465 e. The molecular weight excluding hydrogens is 253 g/mol. The number of H-pyrrole nitrogens is 2. The molecule has 0 spiro atoms. The number of hydrogen-bond acceptors (Lipinski definition) is 3. The van der Waals surface area contributed by atoms with Crippen molar-refractivity contribution in [3.05, 3.63) is 33.7 Å². The van der Waals surface area contributed by atoms with Crippen molar-refractivity contribution in [2.75, 3.05) is 7.11 Å². The highest BCUT2D eigenvalue weighted by atomic mass is 19.4. The summed E-state index contributed by atoms with van der Waals surface area (Å²) >= 11 is 0. The quantitative estimate of drug-likeness (QED) is 0.766. The Balaban J connectivity index is 2.82. The molecular formula is C10H7F3N2O3. The van der Waals surface area contributed by atoms with Gasteiger partial charge in [-0.2, -0.15) is 13.2 Å². The Morgan fingerprint density at radius 1 is 1.22 bits per heavy atom. The molecule has 96 valence electrons. The van der Waals surface area contributed by atoms with E-state index in [-0.39, 0.29) is 11.1 Å². The van der Waals surface area contributed by atoms with Crippen LogP contribution < -0.4 is 5.69 Å². The lowest BCUT2D eigenvalue weighted by atomic mass is 10.1. The fraction of sp³-hybridized carbons (Fsp3) is 0.200. The van der Waals surface area contributed by atoms with Crippen molar-refractivity contribution >= 4 is 17.0 Å². The van der Waals surface area contributed by atoms with E-state index in [0.29, 0.717) is 0 Å². The van der Waals surface area contributed by atoms with Crippen LogP contribution in [0.1, 0.15) is 15.9 Å². The highest BCUT2D eigenvalue weighted by Crippen LogP contribution is 2.34. The molecule has 2 N–H and O–H groups in total. The average Bonchev–Trinajstić information content (AvgIpc) is 2.66. The average molecular weight is 260 g/mol. The number of carbonyl (C=O) groups excluding carboxylic acids is 1. The first kappa shape index (κ1) is 12.2. The van der Waals surface area contributed by atoms with Crippen LogP contribution in [-0.4, -0.2) is 23.0 Å². The van der Waals surface area contributed by atoms with Gasteiger partial charge in [0.25, 0.3) is 0 Å². The molecule has 5 nitrogen and oxygen atoms in total. The molecule has 8 heteroatoms. The minimum atomic E-state index is -4.63. The van der Waals surface area contributed by atoms with E-state index in [9.17, 15) is 22.8 Å². The van der Waals surface area contributed by atoms with Crippen LogP contribution in [0.5, 0.6) is 0 Å². The molecule has 1 aromatic carbocycles. The first-order chi connectivity index (χ1) is 8.34. The molecule has 0 aliphatic rings. The van der Waals surface area contributed by atoms with E-state index in [0.717, 1.165) is 19.2 Å². The number of methoxy groups -OCH3 is 1. The Hall–Kier alpha value is -2.25. The van der Waals surface area contributed by atoms with Crippen molar-refractivity contribution < 1.29 is 22.7 Å². The number of fused-ring (bicyclic) bond motifs is 1. The zero-order valence-electron chi connectivity index (χ0n) is 9.01. The minimum absolute atomic E-state index is 0.140. The topological polar surface area (TPSA) is 75.0 Å². The lowest BCUT2D eigenvalue weighted by Crippen LogP contribution is -2.09. The van der Waals surface area contributed by atoms with Crippen molar-refractivity contribution in [2.24, 2.45) is 0 Å². The number of halogens is 3. The normalized spacial score (nSPS) is 11.8. The molecule has 2 rings (SSSR count). The van der Waals surface area contributed by atoms with E-state index in [1.807, 2.05) is 4.98 Å². The predicted molar refractivity (Wildman–Crippen MR) is 55.3 cm³/mol.